The normalized spacial score (nSPS) is 29.2. The van der Waals surface area contributed by atoms with Crippen molar-refractivity contribution in [2.45, 2.75) is 51.6 Å². The molecule has 19 heavy (non-hydrogen) atoms. The summed E-state index contributed by atoms with van der Waals surface area (Å²) in [6, 6.07) is 7.68. The Balaban J connectivity index is 1.68. The number of carbonyl (C=O) groups excluding carboxylic acids is 1. The van der Waals surface area contributed by atoms with Crippen molar-refractivity contribution in [1.29, 1.82) is 0 Å². The highest BCUT2D eigenvalue weighted by atomic mass is 16.5. The third-order valence-corrected chi connectivity index (χ3v) is 4.62. The van der Waals surface area contributed by atoms with Crippen LogP contribution in [-0.2, 0) is 0 Å². The highest BCUT2D eigenvalue weighted by Gasteiger charge is 2.35. The van der Waals surface area contributed by atoms with Crippen LogP contribution in [0.4, 0.5) is 0 Å². The minimum atomic E-state index is 0.189. The Morgan fingerprint density at radius 3 is 2.63 bits per heavy atom. The van der Waals surface area contributed by atoms with Crippen LogP contribution in [0.15, 0.2) is 24.3 Å². The molecular formula is C17H22O2. The van der Waals surface area contributed by atoms with Gasteiger partial charge in [0.25, 0.3) is 0 Å². The Bertz CT molecular complexity index is 454. The van der Waals surface area contributed by atoms with Crippen molar-refractivity contribution in [3.63, 3.8) is 0 Å². The zero-order chi connectivity index (χ0) is 13.2. The molecule has 3 atom stereocenters. The summed E-state index contributed by atoms with van der Waals surface area (Å²) in [5.74, 6) is 2.81. The Hall–Kier alpha value is -1.31. The molecule has 0 heterocycles. The number of ketones is 1. The van der Waals surface area contributed by atoms with Crippen LogP contribution in [0.25, 0.3) is 0 Å². The molecule has 0 spiro atoms. The second-order valence-corrected chi connectivity index (χ2v) is 6.06. The summed E-state index contributed by atoms with van der Waals surface area (Å²) in [6.07, 6.45) is 7.49. The summed E-state index contributed by atoms with van der Waals surface area (Å²) in [6.45, 7) is 1.90. The topological polar surface area (TPSA) is 26.3 Å². The van der Waals surface area contributed by atoms with Crippen LogP contribution in [0.2, 0.25) is 0 Å². The number of rotatable bonds is 4. The number of benzene rings is 1. The van der Waals surface area contributed by atoms with Crippen molar-refractivity contribution in [3.05, 3.63) is 29.8 Å². The summed E-state index contributed by atoms with van der Waals surface area (Å²) in [5, 5.41) is 0. The zero-order valence-electron chi connectivity index (χ0n) is 11.6. The summed E-state index contributed by atoms with van der Waals surface area (Å²) < 4.78 is 6.12. The average Bonchev–Trinajstić information content (AvgIpc) is 2.77. The molecule has 1 aromatic carbocycles. The molecule has 0 aromatic heterocycles. The molecule has 102 valence electrons. The van der Waals surface area contributed by atoms with E-state index in [9.17, 15) is 4.79 Å². The van der Waals surface area contributed by atoms with Gasteiger partial charge in [-0.15, -0.1) is 0 Å². The molecule has 3 rings (SSSR count). The van der Waals surface area contributed by atoms with E-state index in [-0.39, 0.29) is 5.78 Å². The van der Waals surface area contributed by atoms with Gasteiger partial charge in [0.05, 0.1) is 6.10 Å². The van der Waals surface area contributed by atoms with Crippen molar-refractivity contribution in [1.82, 2.24) is 0 Å². The van der Waals surface area contributed by atoms with Crippen molar-refractivity contribution >= 4 is 5.78 Å². The maximum Gasteiger partial charge on any atom is 0.162 e. The van der Waals surface area contributed by atoms with E-state index in [4.69, 9.17) is 4.74 Å². The van der Waals surface area contributed by atoms with Crippen molar-refractivity contribution in [3.8, 4) is 5.75 Å². The van der Waals surface area contributed by atoms with Gasteiger partial charge in [-0.25, -0.2) is 0 Å². The number of hydrogen-bond donors (Lipinski definition) is 0. The minimum Gasteiger partial charge on any atom is -0.490 e. The van der Waals surface area contributed by atoms with Gasteiger partial charge in [-0.2, -0.15) is 0 Å². The zero-order valence-corrected chi connectivity index (χ0v) is 11.6. The Morgan fingerprint density at radius 1 is 1.21 bits per heavy atom. The Labute approximate surface area is 115 Å². The van der Waals surface area contributed by atoms with E-state index in [0.29, 0.717) is 12.5 Å². The van der Waals surface area contributed by atoms with Gasteiger partial charge in [-0.3, -0.25) is 4.79 Å². The van der Waals surface area contributed by atoms with E-state index in [2.05, 4.69) is 0 Å². The summed E-state index contributed by atoms with van der Waals surface area (Å²) in [4.78, 5) is 11.7. The molecule has 0 amide bonds. The number of Topliss-reactive ketones (excluding diaryl/α,β-unsaturated/α-hetero) is 1. The predicted octanol–water partition coefficient (Wildman–Crippen LogP) is 4.24. The van der Waals surface area contributed by atoms with Crippen molar-refractivity contribution in [2.75, 3.05) is 0 Å². The molecule has 0 radical (unpaired) electrons. The highest BCUT2D eigenvalue weighted by molar-refractivity contribution is 5.96. The van der Waals surface area contributed by atoms with Crippen LogP contribution >= 0.6 is 0 Å². The number of carbonyl (C=O) groups is 1. The first-order valence-corrected chi connectivity index (χ1v) is 7.54. The van der Waals surface area contributed by atoms with Gasteiger partial charge in [-0.1, -0.05) is 31.9 Å². The van der Waals surface area contributed by atoms with Crippen LogP contribution in [0.3, 0.4) is 0 Å². The standard InChI is InChI=1S/C17H22O2/c1-2-17(18)14-4-3-5-15(11-14)19-16-9-12-6-7-13(8-12)10-16/h3-5,11-13,16H,2,6-10H2,1H3/t12-,13+,16?. The molecule has 1 aromatic rings. The average molecular weight is 258 g/mol. The van der Waals surface area contributed by atoms with Crippen LogP contribution in [0, 0.1) is 11.8 Å². The molecule has 0 N–H and O–H groups in total. The number of fused-ring (bicyclic) bond motifs is 2. The van der Waals surface area contributed by atoms with Gasteiger partial charge in [-0.05, 0) is 43.2 Å². The summed E-state index contributed by atoms with van der Waals surface area (Å²) in [7, 11) is 0. The van der Waals surface area contributed by atoms with E-state index in [0.717, 1.165) is 23.1 Å². The van der Waals surface area contributed by atoms with Crippen LogP contribution in [0.5, 0.6) is 5.75 Å². The highest BCUT2D eigenvalue weighted by Crippen LogP contribution is 2.43. The molecule has 2 saturated carbocycles. The first-order chi connectivity index (χ1) is 9.24. The molecule has 1 unspecified atom stereocenters. The van der Waals surface area contributed by atoms with Crippen LogP contribution in [-0.4, -0.2) is 11.9 Å². The van der Waals surface area contributed by atoms with E-state index >= 15 is 0 Å². The molecule has 2 fully saturated rings. The fourth-order valence-electron chi connectivity index (χ4n) is 3.68. The Morgan fingerprint density at radius 2 is 1.95 bits per heavy atom. The van der Waals surface area contributed by atoms with Crippen molar-refractivity contribution < 1.29 is 9.53 Å². The fraction of sp³-hybridized carbons (Fsp3) is 0.588. The second-order valence-electron chi connectivity index (χ2n) is 6.06. The van der Waals surface area contributed by atoms with Gasteiger partial charge in [0.15, 0.2) is 5.78 Å². The quantitative estimate of drug-likeness (QED) is 0.755. The largest absolute Gasteiger partial charge is 0.490 e. The monoisotopic (exact) mass is 258 g/mol. The van der Waals surface area contributed by atoms with Gasteiger partial charge in [0, 0.05) is 12.0 Å². The third-order valence-electron chi connectivity index (χ3n) is 4.62. The molecule has 2 aliphatic rings. The molecule has 2 nitrogen and oxygen atoms in total. The molecule has 0 saturated heterocycles. The lowest BCUT2D eigenvalue weighted by Crippen LogP contribution is -2.26. The van der Waals surface area contributed by atoms with E-state index < -0.39 is 0 Å². The lowest BCUT2D eigenvalue weighted by molar-refractivity contribution is 0.0984. The van der Waals surface area contributed by atoms with Crippen molar-refractivity contribution in [2.24, 2.45) is 11.8 Å². The third kappa shape index (κ3) is 2.83. The van der Waals surface area contributed by atoms with E-state index in [1.807, 2.05) is 31.2 Å². The SMILES string of the molecule is CCC(=O)c1cccc(OC2C[C@H]3CC[C@@H](C2)C3)c1. The number of hydrogen-bond acceptors (Lipinski definition) is 2. The molecule has 2 bridgehead atoms. The smallest absolute Gasteiger partial charge is 0.162 e. The lowest BCUT2D eigenvalue weighted by atomic mass is 9.87. The maximum atomic E-state index is 11.7. The Kier molecular flexibility index (Phi) is 3.58. The summed E-state index contributed by atoms with van der Waals surface area (Å²) >= 11 is 0. The molecule has 2 heteroatoms. The number of ether oxygens (including phenoxy) is 1. The molecular weight excluding hydrogens is 236 g/mol. The second kappa shape index (κ2) is 5.36. The first kappa shape index (κ1) is 12.7. The van der Waals surface area contributed by atoms with Gasteiger partial charge < -0.3 is 4.74 Å². The van der Waals surface area contributed by atoms with Gasteiger partial charge in [0.2, 0.25) is 0 Å². The lowest BCUT2D eigenvalue weighted by Gasteiger charge is -2.28. The van der Waals surface area contributed by atoms with E-state index in [1.54, 1.807) is 0 Å². The predicted molar refractivity (Wildman–Crippen MR) is 75.5 cm³/mol. The van der Waals surface area contributed by atoms with Gasteiger partial charge in [0.1, 0.15) is 5.75 Å². The van der Waals surface area contributed by atoms with Crippen LogP contribution < -0.4 is 4.74 Å². The van der Waals surface area contributed by atoms with Gasteiger partial charge >= 0.3 is 0 Å². The minimum absolute atomic E-state index is 0.189. The molecule has 0 aliphatic heterocycles. The fourth-order valence-corrected chi connectivity index (χ4v) is 3.68. The summed E-state index contributed by atoms with van der Waals surface area (Å²) in [5.41, 5.74) is 0.777. The first-order valence-electron chi connectivity index (χ1n) is 7.54. The maximum absolute atomic E-state index is 11.7. The van der Waals surface area contributed by atoms with Crippen LogP contribution in [0.1, 0.15) is 55.8 Å². The molecule has 2 aliphatic carbocycles. The van der Waals surface area contributed by atoms with E-state index in [1.165, 1.54) is 32.1 Å².